The summed E-state index contributed by atoms with van der Waals surface area (Å²) in [6.07, 6.45) is 7.02. The lowest BCUT2D eigenvalue weighted by Crippen LogP contribution is -2.42. The van der Waals surface area contributed by atoms with Gasteiger partial charge in [-0.15, -0.1) is 0 Å². The van der Waals surface area contributed by atoms with Crippen LogP contribution < -0.4 is 20.0 Å². The molecule has 0 bridgehead atoms. The highest BCUT2D eigenvalue weighted by molar-refractivity contribution is 5.96. The number of rotatable bonds is 7. The fraction of sp³-hybridized carbons (Fsp3) is 0.500. The van der Waals surface area contributed by atoms with Gasteiger partial charge in [-0.2, -0.15) is 20.1 Å². The van der Waals surface area contributed by atoms with Gasteiger partial charge in [-0.05, 0) is 12.8 Å². The Morgan fingerprint density at radius 1 is 1.14 bits per heavy atom. The number of aromatic amines is 1. The van der Waals surface area contributed by atoms with Crippen LogP contribution in [0.5, 0.6) is 0 Å². The number of alkyl halides is 2. The third-order valence-electron chi connectivity index (χ3n) is 6.41. The quantitative estimate of drug-likeness (QED) is 0.473. The van der Waals surface area contributed by atoms with Crippen molar-refractivity contribution in [3.63, 3.8) is 0 Å². The zero-order valence-corrected chi connectivity index (χ0v) is 19.8. The maximum Gasteiger partial charge on any atom is 0.267 e. The first-order chi connectivity index (χ1) is 18.0. The van der Waals surface area contributed by atoms with Crippen molar-refractivity contribution in [3.8, 4) is 0 Å². The lowest BCUT2D eigenvalue weighted by molar-refractivity contribution is -0.118. The van der Waals surface area contributed by atoms with Crippen molar-refractivity contribution >= 4 is 35.4 Å². The summed E-state index contributed by atoms with van der Waals surface area (Å²) < 4.78 is 34.9. The van der Waals surface area contributed by atoms with Crippen LogP contribution in [0.2, 0.25) is 0 Å². The second kappa shape index (κ2) is 9.46. The van der Waals surface area contributed by atoms with Gasteiger partial charge in [0.05, 0.1) is 32.2 Å². The number of carbonyl (C=O) groups excluding carboxylic acids is 1. The van der Waals surface area contributed by atoms with Crippen molar-refractivity contribution in [2.75, 3.05) is 52.9 Å². The SMILES string of the molecule is O=C(Nc1cnccn1)C1CC(F)(F)CN1c1nc(N2CCOCC2)nc(N(c2ccn[nH]2)C2CC2)n1. The minimum Gasteiger partial charge on any atom is -0.378 e. The number of nitrogens with one attached hydrogen (secondary N) is 2. The Morgan fingerprint density at radius 3 is 2.65 bits per heavy atom. The van der Waals surface area contributed by atoms with E-state index in [2.05, 4.69) is 35.5 Å². The number of amides is 1. The lowest BCUT2D eigenvalue weighted by atomic mass is 10.2. The van der Waals surface area contributed by atoms with Gasteiger partial charge in [-0.25, -0.2) is 13.8 Å². The van der Waals surface area contributed by atoms with Gasteiger partial charge in [-0.1, -0.05) is 0 Å². The molecule has 37 heavy (non-hydrogen) atoms. The zero-order chi connectivity index (χ0) is 25.4. The Hall–Kier alpha value is -4.01. The summed E-state index contributed by atoms with van der Waals surface area (Å²) in [6, 6.07) is 0.729. The molecule has 1 saturated carbocycles. The number of carbonyl (C=O) groups is 1. The molecule has 6 rings (SSSR count). The average molecular weight is 514 g/mol. The Bertz CT molecular complexity index is 1240. The van der Waals surface area contributed by atoms with E-state index in [0.717, 1.165) is 12.8 Å². The normalized spacial score (nSPS) is 21.2. The van der Waals surface area contributed by atoms with Gasteiger partial charge in [-0.3, -0.25) is 19.8 Å². The van der Waals surface area contributed by atoms with Crippen molar-refractivity contribution in [3.05, 3.63) is 30.9 Å². The van der Waals surface area contributed by atoms with Crippen LogP contribution in [0.25, 0.3) is 0 Å². The largest absolute Gasteiger partial charge is 0.378 e. The van der Waals surface area contributed by atoms with Crippen LogP contribution >= 0.6 is 0 Å². The second-order valence-corrected chi connectivity index (χ2v) is 9.16. The van der Waals surface area contributed by atoms with Gasteiger partial charge in [0.1, 0.15) is 11.9 Å². The number of H-pyrrole nitrogens is 1. The number of morpholine rings is 1. The van der Waals surface area contributed by atoms with Crippen molar-refractivity contribution in [1.29, 1.82) is 0 Å². The Balaban J connectivity index is 1.39. The molecule has 1 atom stereocenters. The second-order valence-electron chi connectivity index (χ2n) is 9.16. The molecule has 1 aliphatic carbocycles. The number of aromatic nitrogens is 7. The minimum absolute atomic E-state index is 0.00753. The summed E-state index contributed by atoms with van der Waals surface area (Å²) in [5, 5.41) is 9.57. The monoisotopic (exact) mass is 513 g/mol. The van der Waals surface area contributed by atoms with E-state index < -0.39 is 30.8 Å². The Morgan fingerprint density at radius 2 is 1.95 bits per heavy atom. The number of hydrogen-bond acceptors (Lipinski definition) is 11. The van der Waals surface area contributed by atoms with E-state index in [9.17, 15) is 13.6 Å². The van der Waals surface area contributed by atoms with Crippen molar-refractivity contribution in [2.24, 2.45) is 0 Å². The van der Waals surface area contributed by atoms with Crippen LogP contribution in [0.3, 0.4) is 0 Å². The van der Waals surface area contributed by atoms with Crippen molar-refractivity contribution in [2.45, 2.75) is 37.3 Å². The van der Waals surface area contributed by atoms with E-state index in [-0.39, 0.29) is 17.8 Å². The molecule has 3 aromatic heterocycles. The highest BCUT2D eigenvalue weighted by Crippen LogP contribution is 2.39. The number of anilines is 5. The third kappa shape index (κ3) is 4.98. The molecule has 3 fully saturated rings. The number of nitrogens with zero attached hydrogens (tertiary/aromatic N) is 9. The molecule has 1 unspecified atom stereocenters. The molecule has 5 heterocycles. The van der Waals surface area contributed by atoms with Gasteiger partial charge in [0.2, 0.25) is 23.8 Å². The summed E-state index contributed by atoms with van der Waals surface area (Å²) in [6.45, 7) is 1.37. The molecule has 15 heteroatoms. The smallest absolute Gasteiger partial charge is 0.267 e. The van der Waals surface area contributed by atoms with Crippen molar-refractivity contribution < 1.29 is 18.3 Å². The van der Waals surface area contributed by atoms with E-state index >= 15 is 0 Å². The van der Waals surface area contributed by atoms with Crippen LogP contribution in [0, 0.1) is 0 Å². The molecule has 194 valence electrons. The molecule has 13 nitrogen and oxygen atoms in total. The van der Waals surface area contributed by atoms with E-state index in [1.54, 1.807) is 12.3 Å². The van der Waals surface area contributed by atoms with Gasteiger partial charge in [0.25, 0.3) is 5.92 Å². The van der Waals surface area contributed by atoms with Gasteiger partial charge >= 0.3 is 0 Å². The summed E-state index contributed by atoms with van der Waals surface area (Å²) in [4.78, 5) is 40.0. The minimum atomic E-state index is -3.12. The third-order valence-corrected chi connectivity index (χ3v) is 6.41. The van der Waals surface area contributed by atoms with Crippen molar-refractivity contribution in [1.82, 2.24) is 35.1 Å². The van der Waals surface area contributed by atoms with Crippen LogP contribution in [0.1, 0.15) is 19.3 Å². The van der Waals surface area contributed by atoms with E-state index in [1.807, 2.05) is 9.80 Å². The summed E-state index contributed by atoms with van der Waals surface area (Å²) >= 11 is 0. The predicted molar refractivity (Wildman–Crippen MR) is 128 cm³/mol. The molecule has 3 aliphatic rings. The topological polar surface area (TPSA) is 141 Å². The number of ether oxygens (including phenoxy) is 1. The number of halogens is 2. The predicted octanol–water partition coefficient (Wildman–Crippen LogP) is 1.37. The van der Waals surface area contributed by atoms with Gasteiger partial charge in [0.15, 0.2) is 5.82 Å². The molecule has 1 amide bonds. The summed E-state index contributed by atoms with van der Waals surface area (Å²) in [5.41, 5.74) is 0. The molecule has 0 radical (unpaired) electrons. The molecule has 2 saturated heterocycles. The lowest BCUT2D eigenvalue weighted by Gasteiger charge is -2.30. The first-order valence-electron chi connectivity index (χ1n) is 12.1. The molecular formula is C22H25F2N11O2. The fourth-order valence-electron chi connectivity index (χ4n) is 4.50. The van der Waals surface area contributed by atoms with E-state index in [1.165, 1.54) is 23.5 Å². The van der Waals surface area contributed by atoms with Gasteiger partial charge < -0.3 is 19.9 Å². The molecule has 3 aromatic rings. The standard InChI is InChI=1S/C22H25F2N11O2/c23-22(24)11-15(18(36)28-16-12-25-5-6-26-16)34(13-22)20-29-19(33-7-9-37-10-8-33)30-21(31-20)35(14-1-2-14)17-3-4-27-32-17/h3-6,12,14-15H,1-2,7-11,13H2,(H,27,32)(H,26,28,36). The van der Waals surface area contributed by atoms with Crippen LogP contribution in [0.4, 0.5) is 38.3 Å². The Kier molecular flexibility index (Phi) is 5.98. The van der Waals surface area contributed by atoms with Gasteiger partial charge in [0, 0.05) is 44.0 Å². The highest BCUT2D eigenvalue weighted by atomic mass is 19.3. The summed E-state index contributed by atoms with van der Waals surface area (Å²) in [7, 11) is 0. The highest BCUT2D eigenvalue weighted by Gasteiger charge is 2.50. The zero-order valence-electron chi connectivity index (χ0n) is 19.8. The van der Waals surface area contributed by atoms with Crippen LogP contribution in [-0.2, 0) is 9.53 Å². The first-order valence-corrected chi connectivity index (χ1v) is 12.1. The average Bonchev–Trinajstić information content (AvgIpc) is 3.47. The van der Waals surface area contributed by atoms with E-state index in [4.69, 9.17) is 9.72 Å². The fourth-order valence-corrected chi connectivity index (χ4v) is 4.50. The van der Waals surface area contributed by atoms with Crippen LogP contribution in [-0.4, -0.2) is 91.9 Å². The molecule has 0 aromatic carbocycles. The first kappa shape index (κ1) is 23.4. The molecule has 0 spiro atoms. The van der Waals surface area contributed by atoms with E-state index in [0.29, 0.717) is 44.0 Å². The summed E-state index contributed by atoms with van der Waals surface area (Å²) in [5.74, 6) is -2.23. The molecule has 2 N–H and O–H groups in total. The maximum absolute atomic E-state index is 14.7. The van der Waals surface area contributed by atoms with Crippen LogP contribution in [0.15, 0.2) is 30.9 Å². The maximum atomic E-state index is 14.7. The molecular weight excluding hydrogens is 488 g/mol. The molecule has 2 aliphatic heterocycles. The number of hydrogen-bond donors (Lipinski definition) is 2. The Labute approximate surface area is 210 Å².